The van der Waals surface area contributed by atoms with Crippen LogP contribution < -0.4 is 8.61 Å². The molecule has 4 aromatic rings. The number of likely N-dealkylation sites (tertiary alicyclic amines) is 2. The Hall–Kier alpha value is -5.08. The van der Waals surface area contributed by atoms with Crippen LogP contribution >= 0.6 is 0 Å². The van der Waals surface area contributed by atoms with Gasteiger partial charge in [-0.05, 0) is 60.4 Å². The molecule has 4 aliphatic rings. The van der Waals surface area contributed by atoms with Crippen molar-refractivity contribution >= 4 is 43.6 Å². The highest BCUT2D eigenvalue weighted by Crippen LogP contribution is 2.70. The van der Waals surface area contributed by atoms with E-state index in [1.807, 2.05) is 24.3 Å². The summed E-state index contributed by atoms with van der Waals surface area (Å²) in [6, 6.07) is 30.2. The molecule has 4 aliphatic heterocycles. The molecular formula is C36H34N4O8S2. The minimum Gasteiger partial charge on any atom is -0.453 e. The SMILES string of the molecule is COC(=O)N1CC[C@]2([C@]34CCN(C(=O)OC)[C@H]3N(S(=O)(=O)c3ccccc3)c3ccccc34)c3ccccc3N(S(=O)(=O)c3ccccc3)[C@H]12. The molecular weight excluding hydrogens is 681 g/mol. The number of benzene rings is 4. The third-order valence-corrected chi connectivity index (χ3v) is 14.4. The van der Waals surface area contributed by atoms with E-state index < -0.39 is 55.4 Å². The Labute approximate surface area is 290 Å². The number of nitrogens with zero attached hydrogens (tertiary/aromatic N) is 4. The van der Waals surface area contributed by atoms with Crippen molar-refractivity contribution in [3.05, 3.63) is 120 Å². The first-order valence-electron chi connectivity index (χ1n) is 16.1. The fourth-order valence-corrected chi connectivity index (χ4v) is 12.5. The largest absolute Gasteiger partial charge is 0.453 e. The first-order chi connectivity index (χ1) is 24.1. The lowest BCUT2D eigenvalue weighted by Gasteiger charge is -2.49. The van der Waals surface area contributed by atoms with Gasteiger partial charge in [0.15, 0.2) is 0 Å². The summed E-state index contributed by atoms with van der Waals surface area (Å²) in [5.41, 5.74) is -0.570. The number of sulfonamides is 2. The van der Waals surface area contributed by atoms with Crippen LogP contribution in [0.3, 0.4) is 0 Å². The van der Waals surface area contributed by atoms with Crippen LogP contribution in [0, 0.1) is 0 Å². The lowest BCUT2D eigenvalue weighted by molar-refractivity contribution is 0.0847. The minimum absolute atomic E-state index is 0.0269. The van der Waals surface area contributed by atoms with Crippen LogP contribution in [0.5, 0.6) is 0 Å². The molecule has 4 aromatic carbocycles. The molecule has 8 rings (SSSR count). The van der Waals surface area contributed by atoms with Crippen LogP contribution in [0.25, 0.3) is 0 Å². The highest BCUT2D eigenvalue weighted by atomic mass is 32.2. The van der Waals surface area contributed by atoms with Crippen molar-refractivity contribution in [3.8, 4) is 0 Å². The molecule has 0 bridgehead atoms. The van der Waals surface area contributed by atoms with Gasteiger partial charge in [0.05, 0.1) is 46.2 Å². The number of fused-ring (bicyclic) bond motifs is 7. The van der Waals surface area contributed by atoms with Crippen molar-refractivity contribution < 1.29 is 35.9 Å². The number of ether oxygens (including phenoxy) is 2. The molecule has 2 amide bonds. The van der Waals surface area contributed by atoms with Gasteiger partial charge in [0.2, 0.25) is 0 Å². The number of hydrogen-bond acceptors (Lipinski definition) is 8. The van der Waals surface area contributed by atoms with Crippen LogP contribution in [0.15, 0.2) is 119 Å². The number of anilines is 2. The van der Waals surface area contributed by atoms with E-state index in [1.165, 1.54) is 56.9 Å². The zero-order chi connectivity index (χ0) is 35.1. The second kappa shape index (κ2) is 11.2. The molecule has 0 N–H and O–H groups in total. The van der Waals surface area contributed by atoms with Gasteiger partial charge < -0.3 is 9.47 Å². The monoisotopic (exact) mass is 714 g/mol. The Morgan fingerprint density at radius 2 is 0.900 bits per heavy atom. The second-order valence-electron chi connectivity index (χ2n) is 12.8. The summed E-state index contributed by atoms with van der Waals surface area (Å²) >= 11 is 0. The number of carbonyl (C=O) groups is 2. The highest BCUT2D eigenvalue weighted by molar-refractivity contribution is 7.93. The van der Waals surface area contributed by atoms with E-state index in [1.54, 1.807) is 60.7 Å². The van der Waals surface area contributed by atoms with Crippen LogP contribution in [-0.2, 0) is 40.4 Å². The molecule has 258 valence electrons. The standard InChI is InChI=1S/C36H34N4O8S2/c1-47-33(41)37-23-21-35(27-17-9-11-19-29(27)39(31(35)37)49(43,44)25-13-5-3-6-14-25)36-22-24-38(34(42)48-2)32(36)40(30-20-12-10-18-28(30)36)50(45,46)26-15-7-4-8-16-26/h3-20,31-32H,21-24H2,1-2H3/t31-,32-,35-,36-/m0/s1. The number of para-hydroxylation sites is 2. The number of methoxy groups -OCH3 is 2. The highest BCUT2D eigenvalue weighted by Gasteiger charge is 2.78. The Morgan fingerprint density at radius 1 is 0.560 bits per heavy atom. The smallest absolute Gasteiger partial charge is 0.411 e. The fourth-order valence-electron chi connectivity index (χ4n) is 9.12. The van der Waals surface area contributed by atoms with Gasteiger partial charge in [-0.3, -0.25) is 9.80 Å². The van der Waals surface area contributed by atoms with E-state index in [9.17, 15) is 26.4 Å². The van der Waals surface area contributed by atoms with Crippen molar-refractivity contribution in [2.24, 2.45) is 0 Å². The van der Waals surface area contributed by atoms with Crippen molar-refractivity contribution in [2.45, 2.75) is 45.8 Å². The summed E-state index contributed by atoms with van der Waals surface area (Å²) in [5.74, 6) is 0. The Bertz CT molecular complexity index is 2080. The van der Waals surface area contributed by atoms with E-state index in [4.69, 9.17) is 9.47 Å². The van der Waals surface area contributed by atoms with Gasteiger partial charge in [-0.25, -0.2) is 35.0 Å². The zero-order valence-corrected chi connectivity index (χ0v) is 28.9. The van der Waals surface area contributed by atoms with Crippen LogP contribution in [-0.4, -0.2) is 78.5 Å². The van der Waals surface area contributed by atoms with Gasteiger partial charge in [-0.15, -0.1) is 0 Å². The maximum atomic E-state index is 14.9. The molecule has 0 radical (unpaired) electrons. The summed E-state index contributed by atoms with van der Waals surface area (Å²) in [7, 11) is -6.17. The molecule has 2 saturated heterocycles. The molecule has 0 aliphatic carbocycles. The molecule has 0 spiro atoms. The Kier molecular flexibility index (Phi) is 7.21. The third kappa shape index (κ3) is 3.97. The second-order valence-corrected chi connectivity index (χ2v) is 16.4. The maximum absolute atomic E-state index is 14.9. The van der Waals surface area contributed by atoms with E-state index in [-0.39, 0.29) is 35.7 Å². The van der Waals surface area contributed by atoms with Crippen molar-refractivity contribution in [1.82, 2.24) is 9.80 Å². The van der Waals surface area contributed by atoms with Crippen molar-refractivity contribution in [3.63, 3.8) is 0 Å². The maximum Gasteiger partial charge on any atom is 0.411 e. The number of carbonyl (C=O) groups excluding carboxylic acids is 2. The van der Waals surface area contributed by atoms with E-state index in [0.717, 1.165) is 0 Å². The molecule has 12 nitrogen and oxygen atoms in total. The van der Waals surface area contributed by atoms with Gasteiger partial charge in [-0.2, -0.15) is 0 Å². The van der Waals surface area contributed by atoms with Crippen LogP contribution in [0.2, 0.25) is 0 Å². The number of rotatable bonds is 5. The average Bonchev–Trinajstić information content (AvgIpc) is 3.88. The molecule has 4 atom stereocenters. The first kappa shape index (κ1) is 32.1. The van der Waals surface area contributed by atoms with Gasteiger partial charge in [0.1, 0.15) is 12.3 Å². The van der Waals surface area contributed by atoms with Gasteiger partial charge in [-0.1, -0.05) is 72.8 Å². The summed E-state index contributed by atoms with van der Waals surface area (Å²) in [4.78, 5) is 30.4. The molecule has 14 heteroatoms. The van der Waals surface area contributed by atoms with Crippen LogP contribution in [0.4, 0.5) is 21.0 Å². The van der Waals surface area contributed by atoms with E-state index in [0.29, 0.717) is 22.5 Å². The predicted molar refractivity (Wildman–Crippen MR) is 183 cm³/mol. The van der Waals surface area contributed by atoms with Crippen molar-refractivity contribution in [2.75, 3.05) is 35.9 Å². The predicted octanol–water partition coefficient (Wildman–Crippen LogP) is 4.88. The lowest BCUT2D eigenvalue weighted by Crippen LogP contribution is -2.65. The summed E-state index contributed by atoms with van der Waals surface area (Å²) in [6.07, 6.45) is -3.36. The van der Waals surface area contributed by atoms with Gasteiger partial charge in [0.25, 0.3) is 20.0 Å². The lowest BCUT2D eigenvalue weighted by atomic mass is 9.55. The normalized spacial score (nSPS) is 25.2. The third-order valence-electron chi connectivity index (χ3n) is 10.9. The molecule has 0 unspecified atom stereocenters. The van der Waals surface area contributed by atoms with Crippen molar-refractivity contribution in [1.29, 1.82) is 0 Å². The van der Waals surface area contributed by atoms with Crippen LogP contribution in [0.1, 0.15) is 24.0 Å². The topological polar surface area (TPSA) is 134 Å². The van der Waals surface area contributed by atoms with E-state index >= 15 is 0 Å². The quantitative estimate of drug-likeness (QED) is 0.286. The minimum atomic E-state index is -4.33. The summed E-state index contributed by atoms with van der Waals surface area (Å²) in [6.45, 7) is 0.208. The number of hydrogen-bond donors (Lipinski definition) is 0. The first-order valence-corrected chi connectivity index (χ1v) is 19.0. The molecule has 0 aromatic heterocycles. The zero-order valence-electron chi connectivity index (χ0n) is 27.2. The molecule has 50 heavy (non-hydrogen) atoms. The van der Waals surface area contributed by atoms with E-state index in [2.05, 4.69) is 0 Å². The number of amides is 2. The average molecular weight is 715 g/mol. The molecule has 0 saturated carbocycles. The van der Waals surface area contributed by atoms with Gasteiger partial charge >= 0.3 is 12.2 Å². The Morgan fingerprint density at radius 3 is 1.26 bits per heavy atom. The Balaban J connectivity index is 1.47. The molecule has 2 fully saturated rings. The fraction of sp³-hybridized carbons (Fsp3) is 0.278. The molecule has 4 heterocycles. The summed E-state index contributed by atoms with van der Waals surface area (Å²) < 4.78 is 72.6. The van der Waals surface area contributed by atoms with Gasteiger partial charge in [0, 0.05) is 13.1 Å². The summed E-state index contributed by atoms with van der Waals surface area (Å²) in [5, 5.41) is 0.